The number of aromatic amines is 1. The summed E-state index contributed by atoms with van der Waals surface area (Å²) in [7, 11) is 0. The number of rotatable bonds is 4. The summed E-state index contributed by atoms with van der Waals surface area (Å²) in [4.78, 5) is 17.5. The Labute approximate surface area is 138 Å². The minimum Gasteiger partial charge on any atom is -0.328 e. The van der Waals surface area contributed by atoms with Crippen molar-refractivity contribution >= 4 is 22.7 Å². The first-order valence-electron chi connectivity index (χ1n) is 7.62. The van der Waals surface area contributed by atoms with E-state index in [4.69, 9.17) is 0 Å². The summed E-state index contributed by atoms with van der Waals surface area (Å²) in [6.07, 6.45) is 8.74. The second-order valence-electron chi connectivity index (χ2n) is 5.68. The number of hydrogen-bond donors (Lipinski definition) is 2. The van der Waals surface area contributed by atoms with E-state index in [2.05, 4.69) is 53.9 Å². The highest BCUT2D eigenvalue weighted by Crippen LogP contribution is 2.22. The maximum atomic E-state index is 4.49. The van der Waals surface area contributed by atoms with Gasteiger partial charge in [-0.25, -0.2) is 19.9 Å². The van der Waals surface area contributed by atoms with Crippen LogP contribution in [-0.2, 0) is 0 Å². The van der Waals surface area contributed by atoms with Crippen LogP contribution in [0.2, 0.25) is 0 Å². The molecular weight excluding hydrogens is 304 g/mol. The predicted molar refractivity (Wildman–Crippen MR) is 90.8 cm³/mol. The lowest BCUT2D eigenvalue weighted by atomic mass is 10.3. The molecule has 0 aliphatic rings. The summed E-state index contributed by atoms with van der Waals surface area (Å²) in [5.74, 6) is 1.98. The number of anilines is 2. The van der Waals surface area contributed by atoms with Crippen LogP contribution in [0, 0.1) is 0 Å². The Morgan fingerprint density at radius 3 is 2.83 bits per heavy atom. The lowest BCUT2D eigenvalue weighted by Gasteiger charge is -2.09. The molecule has 24 heavy (non-hydrogen) atoms. The molecule has 4 aromatic heterocycles. The number of pyridine rings is 1. The Morgan fingerprint density at radius 2 is 2.04 bits per heavy atom. The van der Waals surface area contributed by atoms with E-state index in [0.717, 1.165) is 16.6 Å². The minimum atomic E-state index is 0.331. The van der Waals surface area contributed by atoms with Gasteiger partial charge in [-0.1, -0.05) is 0 Å². The molecule has 4 aromatic rings. The van der Waals surface area contributed by atoms with E-state index in [1.54, 1.807) is 30.9 Å². The molecule has 8 nitrogen and oxygen atoms in total. The van der Waals surface area contributed by atoms with Gasteiger partial charge in [-0.2, -0.15) is 5.10 Å². The Bertz CT molecular complexity index is 971. The van der Waals surface area contributed by atoms with Crippen molar-refractivity contribution in [3.63, 3.8) is 0 Å². The standard InChI is InChI=1S/C16H16N8/c1-10(2)24-9-19-12-8-18-15(5-13(12)24)22-14-3-4-17-16(23-14)11-6-20-21-7-11/h3-10H,1-2H3,(H,20,21)(H,17,18,22,23). The smallest absolute Gasteiger partial charge is 0.164 e. The summed E-state index contributed by atoms with van der Waals surface area (Å²) >= 11 is 0. The molecule has 0 radical (unpaired) electrons. The molecule has 0 atom stereocenters. The van der Waals surface area contributed by atoms with Gasteiger partial charge in [0.1, 0.15) is 17.2 Å². The topological polar surface area (TPSA) is 97.2 Å². The van der Waals surface area contributed by atoms with Gasteiger partial charge >= 0.3 is 0 Å². The van der Waals surface area contributed by atoms with Gasteiger partial charge in [0.2, 0.25) is 0 Å². The fraction of sp³-hybridized carbons (Fsp3) is 0.188. The van der Waals surface area contributed by atoms with Gasteiger partial charge in [-0.3, -0.25) is 5.10 Å². The van der Waals surface area contributed by atoms with E-state index in [1.165, 1.54) is 0 Å². The van der Waals surface area contributed by atoms with Crippen molar-refractivity contribution in [2.24, 2.45) is 0 Å². The average molecular weight is 320 g/mol. The number of hydrogen-bond acceptors (Lipinski definition) is 6. The Kier molecular flexibility index (Phi) is 3.42. The molecule has 2 N–H and O–H groups in total. The van der Waals surface area contributed by atoms with Crippen LogP contribution in [0.4, 0.5) is 11.6 Å². The zero-order valence-electron chi connectivity index (χ0n) is 13.3. The van der Waals surface area contributed by atoms with Crippen LogP contribution in [0.5, 0.6) is 0 Å². The summed E-state index contributed by atoms with van der Waals surface area (Å²) in [6.45, 7) is 4.24. The molecule has 0 aliphatic heterocycles. The normalized spacial score (nSPS) is 11.3. The third-order valence-corrected chi connectivity index (χ3v) is 3.69. The van der Waals surface area contributed by atoms with Crippen molar-refractivity contribution in [3.8, 4) is 11.4 Å². The van der Waals surface area contributed by atoms with E-state index in [1.807, 2.05) is 12.4 Å². The molecule has 4 heterocycles. The van der Waals surface area contributed by atoms with Crippen LogP contribution >= 0.6 is 0 Å². The number of H-pyrrole nitrogens is 1. The summed E-state index contributed by atoms with van der Waals surface area (Å²) in [6, 6.07) is 4.11. The van der Waals surface area contributed by atoms with Crippen LogP contribution in [0.25, 0.3) is 22.4 Å². The maximum absolute atomic E-state index is 4.49. The fourth-order valence-corrected chi connectivity index (χ4v) is 2.48. The van der Waals surface area contributed by atoms with Crippen molar-refractivity contribution in [2.45, 2.75) is 19.9 Å². The first-order valence-corrected chi connectivity index (χ1v) is 7.62. The zero-order valence-corrected chi connectivity index (χ0v) is 13.3. The van der Waals surface area contributed by atoms with Crippen molar-refractivity contribution in [1.29, 1.82) is 0 Å². The van der Waals surface area contributed by atoms with E-state index in [-0.39, 0.29) is 0 Å². The lowest BCUT2D eigenvalue weighted by molar-refractivity contribution is 0.617. The van der Waals surface area contributed by atoms with Crippen LogP contribution < -0.4 is 5.32 Å². The Hall–Kier alpha value is -3.29. The second-order valence-corrected chi connectivity index (χ2v) is 5.68. The summed E-state index contributed by atoms with van der Waals surface area (Å²) in [5.41, 5.74) is 2.74. The van der Waals surface area contributed by atoms with Gasteiger partial charge in [-0.15, -0.1) is 0 Å². The third kappa shape index (κ3) is 2.58. The highest BCUT2D eigenvalue weighted by molar-refractivity contribution is 5.78. The molecule has 0 amide bonds. The maximum Gasteiger partial charge on any atom is 0.164 e. The van der Waals surface area contributed by atoms with Gasteiger partial charge < -0.3 is 9.88 Å². The number of fused-ring (bicyclic) bond motifs is 1. The second kappa shape index (κ2) is 5.73. The number of nitrogens with zero attached hydrogens (tertiary/aromatic N) is 6. The molecule has 0 spiro atoms. The highest BCUT2D eigenvalue weighted by atomic mass is 15.1. The first-order chi connectivity index (χ1) is 11.7. The largest absolute Gasteiger partial charge is 0.328 e. The zero-order chi connectivity index (χ0) is 16.5. The van der Waals surface area contributed by atoms with Crippen molar-refractivity contribution < 1.29 is 0 Å². The average Bonchev–Trinajstić information content (AvgIpc) is 3.24. The highest BCUT2D eigenvalue weighted by Gasteiger charge is 2.09. The van der Waals surface area contributed by atoms with Gasteiger partial charge in [-0.05, 0) is 19.9 Å². The van der Waals surface area contributed by atoms with Gasteiger partial charge in [0.15, 0.2) is 5.82 Å². The van der Waals surface area contributed by atoms with Crippen molar-refractivity contribution in [2.75, 3.05) is 5.32 Å². The molecule has 0 fully saturated rings. The van der Waals surface area contributed by atoms with E-state index in [9.17, 15) is 0 Å². The molecule has 120 valence electrons. The van der Waals surface area contributed by atoms with Crippen molar-refractivity contribution in [3.05, 3.63) is 43.2 Å². The quantitative estimate of drug-likeness (QED) is 0.600. The molecule has 0 aliphatic carbocycles. The molecular formula is C16H16N8. The summed E-state index contributed by atoms with van der Waals surface area (Å²) < 4.78 is 2.11. The molecule has 0 bridgehead atoms. The lowest BCUT2D eigenvalue weighted by Crippen LogP contribution is -2.01. The number of imidazole rings is 1. The molecule has 0 unspecified atom stereocenters. The van der Waals surface area contributed by atoms with Crippen molar-refractivity contribution in [1.82, 2.24) is 34.7 Å². The van der Waals surface area contributed by atoms with Crippen LogP contribution in [0.15, 0.2) is 43.2 Å². The Morgan fingerprint density at radius 1 is 1.12 bits per heavy atom. The molecule has 8 heteroatoms. The van der Waals surface area contributed by atoms with Crippen LogP contribution in [-0.4, -0.2) is 34.7 Å². The van der Waals surface area contributed by atoms with E-state index in [0.29, 0.717) is 23.5 Å². The molecule has 0 aromatic carbocycles. The van der Waals surface area contributed by atoms with Crippen LogP contribution in [0.1, 0.15) is 19.9 Å². The van der Waals surface area contributed by atoms with E-state index < -0.39 is 0 Å². The Balaban J connectivity index is 1.67. The van der Waals surface area contributed by atoms with E-state index >= 15 is 0 Å². The van der Waals surface area contributed by atoms with Gasteiger partial charge in [0.25, 0.3) is 0 Å². The molecule has 0 saturated carbocycles. The first kappa shape index (κ1) is 14.3. The molecule has 0 saturated heterocycles. The fourth-order valence-electron chi connectivity index (χ4n) is 2.48. The third-order valence-electron chi connectivity index (χ3n) is 3.69. The molecule has 4 rings (SSSR count). The SMILES string of the molecule is CC(C)n1cnc2cnc(Nc3ccnc(-c4cn[nH]c4)n3)cc21. The van der Waals surface area contributed by atoms with Gasteiger partial charge in [0.05, 0.1) is 29.8 Å². The minimum absolute atomic E-state index is 0.331. The number of nitrogens with one attached hydrogen (secondary N) is 2. The summed E-state index contributed by atoms with van der Waals surface area (Å²) in [5, 5.41) is 9.90. The predicted octanol–water partition coefficient (Wildman–Crippen LogP) is 2.94. The van der Waals surface area contributed by atoms with Gasteiger partial charge in [0, 0.05) is 24.5 Å². The number of aromatic nitrogens is 7. The monoisotopic (exact) mass is 320 g/mol. The van der Waals surface area contributed by atoms with Crippen LogP contribution in [0.3, 0.4) is 0 Å².